The second kappa shape index (κ2) is 5.82. The molecule has 126 valence electrons. The molecule has 0 saturated carbocycles. The Hall–Kier alpha value is -1.99. The molecule has 0 saturated heterocycles. The van der Waals surface area contributed by atoms with Crippen LogP contribution in [0.15, 0.2) is 29.2 Å². The maximum Gasteiger partial charge on any atom is 0.237 e. The molecular formula is C17H20N4O2S. The van der Waals surface area contributed by atoms with Gasteiger partial charge in [-0.3, -0.25) is 0 Å². The number of allylic oxidation sites excluding steroid dienone is 1. The fourth-order valence-corrected chi connectivity index (χ4v) is 4.86. The fourth-order valence-electron chi connectivity index (χ4n) is 3.46. The van der Waals surface area contributed by atoms with E-state index in [4.69, 9.17) is 0 Å². The Labute approximate surface area is 141 Å². The lowest BCUT2D eigenvalue weighted by Crippen LogP contribution is -2.34. The van der Waals surface area contributed by atoms with Crippen LogP contribution in [0.3, 0.4) is 0 Å². The van der Waals surface area contributed by atoms with Crippen molar-refractivity contribution in [3.63, 3.8) is 0 Å². The molecule has 2 aliphatic rings. The van der Waals surface area contributed by atoms with E-state index in [-0.39, 0.29) is 6.04 Å². The zero-order valence-electron chi connectivity index (χ0n) is 13.6. The van der Waals surface area contributed by atoms with E-state index in [1.807, 2.05) is 29.8 Å². The third-order valence-corrected chi connectivity index (χ3v) is 6.24. The van der Waals surface area contributed by atoms with Gasteiger partial charge in [0.15, 0.2) is 0 Å². The second-order valence-corrected chi connectivity index (χ2v) is 8.13. The Bertz CT molecular complexity index is 914. The van der Waals surface area contributed by atoms with Crippen molar-refractivity contribution < 1.29 is 8.42 Å². The van der Waals surface area contributed by atoms with Crippen LogP contribution in [0.1, 0.15) is 48.1 Å². The zero-order chi connectivity index (χ0) is 16.7. The molecule has 0 fully saturated rings. The van der Waals surface area contributed by atoms with Crippen LogP contribution in [-0.2, 0) is 23.0 Å². The summed E-state index contributed by atoms with van der Waals surface area (Å²) in [6.07, 6.45) is 4.72. The molecule has 0 bridgehead atoms. The molecule has 24 heavy (non-hydrogen) atoms. The molecular weight excluding hydrogens is 324 g/mol. The van der Waals surface area contributed by atoms with Gasteiger partial charge in [0.2, 0.25) is 10.0 Å². The van der Waals surface area contributed by atoms with Crippen LogP contribution in [0.25, 0.3) is 6.08 Å². The fraction of sp³-hybridized carbons (Fsp3) is 0.412. The smallest absolute Gasteiger partial charge is 0.237 e. The number of nitrogens with zero attached hydrogens (tertiary/aromatic N) is 3. The molecule has 0 unspecified atom stereocenters. The highest BCUT2D eigenvalue weighted by molar-refractivity contribution is 7.93. The molecule has 6 nitrogen and oxygen atoms in total. The van der Waals surface area contributed by atoms with Gasteiger partial charge in [-0.2, -0.15) is 5.10 Å². The van der Waals surface area contributed by atoms with Gasteiger partial charge < -0.3 is 0 Å². The van der Waals surface area contributed by atoms with Crippen LogP contribution >= 0.6 is 0 Å². The summed E-state index contributed by atoms with van der Waals surface area (Å²) in [7, 11) is -3.53. The zero-order valence-corrected chi connectivity index (χ0v) is 14.4. The summed E-state index contributed by atoms with van der Waals surface area (Å²) in [4.78, 5) is 4.86. The van der Waals surface area contributed by atoms with E-state index in [0.717, 1.165) is 37.2 Å². The van der Waals surface area contributed by atoms with E-state index in [1.54, 1.807) is 6.08 Å². The van der Waals surface area contributed by atoms with E-state index >= 15 is 0 Å². The topological polar surface area (TPSA) is 76.9 Å². The van der Waals surface area contributed by atoms with E-state index in [2.05, 4.69) is 20.9 Å². The lowest BCUT2D eigenvalue weighted by Gasteiger charge is -2.24. The first-order valence-electron chi connectivity index (χ1n) is 8.25. The highest BCUT2D eigenvalue weighted by Gasteiger charge is 2.30. The lowest BCUT2D eigenvalue weighted by atomic mass is 9.98. The number of hydrogen-bond acceptors (Lipinski definition) is 4. The van der Waals surface area contributed by atoms with Crippen molar-refractivity contribution in [1.29, 1.82) is 0 Å². The molecule has 0 spiro atoms. The molecule has 1 N–H and O–H groups in total. The standard InChI is InChI=1S/C17H20N4O2S/c1-12-18-17-16(7-4-10-21(17)19-12)20-24(22,23)15-9-8-13-5-2-3-6-14(13)11-15/h2-3,5-6,11,16,20H,4,7-10H2,1H3/t16-/m1/s1. The summed E-state index contributed by atoms with van der Waals surface area (Å²) in [6, 6.07) is 7.63. The van der Waals surface area contributed by atoms with Gasteiger partial charge >= 0.3 is 0 Å². The third kappa shape index (κ3) is 2.78. The van der Waals surface area contributed by atoms with Gasteiger partial charge in [-0.1, -0.05) is 24.3 Å². The molecule has 1 atom stereocenters. The molecule has 1 aliphatic carbocycles. The summed E-state index contributed by atoms with van der Waals surface area (Å²) in [5.41, 5.74) is 2.19. The molecule has 0 amide bonds. The minimum atomic E-state index is -3.53. The van der Waals surface area contributed by atoms with Crippen LogP contribution < -0.4 is 4.72 Å². The van der Waals surface area contributed by atoms with Crippen LogP contribution in [0.2, 0.25) is 0 Å². The van der Waals surface area contributed by atoms with E-state index in [9.17, 15) is 8.42 Å². The molecule has 2 aromatic rings. The monoisotopic (exact) mass is 344 g/mol. The average Bonchev–Trinajstić information content (AvgIpc) is 2.95. The van der Waals surface area contributed by atoms with Gasteiger partial charge in [0, 0.05) is 6.54 Å². The molecule has 1 aromatic heterocycles. The van der Waals surface area contributed by atoms with Crippen LogP contribution in [0.5, 0.6) is 0 Å². The first kappa shape index (κ1) is 15.5. The molecule has 7 heteroatoms. The number of benzene rings is 1. The summed E-state index contributed by atoms with van der Waals surface area (Å²) < 4.78 is 30.3. The first-order valence-corrected chi connectivity index (χ1v) is 9.73. The highest BCUT2D eigenvalue weighted by atomic mass is 32.2. The average molecular weight is 344 g/mol. The summed E-state index contributed by atoms with van der Waals surface area (Å²) in [6.45, 7) is 2.63. The number of hydrogen-bond donors (Lipinski definition) is 1. The second-order valence-electron chi connectivity index (χ2n) is 6.37. The Balaban J connectivity index is 1.62. The Kier molecular flexibility index (Phi) is 3.77. The maximum atomic E-state index is 12.8. The van der Waals surface area contributed by atoms with Crippen LogP contribution in [0, 0.1) is 6.92 Å². The minimum absolute atomic E-state index is 0.303. The predicted molar refractivity (Wildman–Crippen MR) is 91.5 cm³/mol. The van der Waals surface area contributed by atoms with Crippen LogP contribution in [-0.4, -0.2) is 23.2 Å². The number of aryl methyl sites for hydroxylation is 3. The highest BCUT2D eigenvalue weighted by Crippen LogP contribution is 2.29. The SMILES string of the molecule is Cc1nc2n(n1)CCC[C@H]2NS(=O)(=O)C1=Cc2ccccc2CC1. The van der Waals surface area contributed by atoms with Gasteiger partial charge in [-0.05, 0) is 49.8 Å². The molecule has 4 rings (SSSR count). The molecule has 1 aromatic carbocycles. The Morgan fingerprint density at radius 3 is 2.96 bits per heavy atom. The quantitative estimate of drug-likeness (QED) is 0.927. The third-order valence-electron chi connectivity index (χ3n) is 4.64. The van der Waals surface area contributed by atoms with Crippen LogP contribution in [0.4, 0.5) is 0 Å². The van der Waals surface area contributed by atoms with Gasteiger partial charge in [0.05, 0.1) is 10.9 Å². The number of sulfonamides is 1. The Morgan fingerprint density at radius 2 is 2.08 bits per heavy atom. The van der Waals surface area contributed by atoms with Crippen molar-refractivity contribution in [3.05, 3.63) is 51.9 Å². The van der Waals surface area contributed by atoms with E-state index in [0.29, 0.717) is 17.2 Å². The van der Waals surface area contributed by atoms with Crippen molar-refractivity contribution in [2.24, 2.45) is 0 Å². The van der Waals surface area contributed by atoms with E-state index in [1.165, 1.54) is 5.56 Å². The van der Waals surface area contributed by atoms with Gasteiger partial charge in [0.1, 0.15) is 11.6 Å². The largest absolute Gasteiger partial charge is 0.248 e. The van der Waals surface area contributed by atoms with Crippen molar-refractivity contribution in [1.82, 2.24) is 19.5 Å². The Morgan fingerprint density at radius 1 is 1.25 bits per heavy atom. The molecule has 0 radical (unpaired) electrons. The predicted octanol–water partition coefficient (Wildman–Crippen LogP) is 2.33. The van der Waals surface area contributed by atoms with Crippen molar-refractivity contribution in [2.45, 2.75) is 45.2 Å². The number of rotatable bonds is 3. The van der Waals surface area contributed by atoms with Crippen molar-refractivity contribution in [3.8, 4) is 0 Å². The maximum absolute atomic E-state index is 12.8. The normalized spacial score (nSPS) is 20.2. The summed E-state index contributed by atoms with van der Waals surface area (Å²) in [5.74, 6) is 1.40. The first-order chi connectivity index (χ1) is 11.5. The van der Waals surface area contributed by atoms with Gasteiger partial charge in [0.25, 0.3) is 0 Å². The minimum Gasteiger partial charge on any atom is -0.248 e. The molecule has 2 heterocycles. The summed E-state index contributed by atoms with van der Waals surface area (Å²) >= 11 is 0. The van der Waals surface area contributed by atoms with E-state index < -0.39 is 10.0 Å². The van der Waals surface area contributed by atoms with Gasteiger partial charge in [-0.15, -0.1) is 0 Å². The lowest BCUT2D eigenvalue weighted by molar-refractivity contribution is 0.400. The van der Waals surface area contributed by atoms with Crippen molar-refractivity contribution in [2.75, 3.05) is 0 Å². The van der Waals surface area contributed by atoms with Crippen molar-refractivity contribution >= 4 is 16.1 Å². The number of nitrogens with one attached hydrogen (secondary N) is 1. The number of aromatic nitrogens is 3. The summed E-state index contributed by atoms with van der Waals surface area (Å²) in [5, 5.41) is 4.33. The number of fused-ring (bicyclic) bond motifs is 2. The van der Waals surface area contributed by atoms with Gasteiger partial charge in [-0.25, -0.2) is 22.8 Å². The molecule has 1 aliphatic heterocycles.